The molecule has 1 aromatic heterocycles. The third-order valence-electron chi connectivity index (χ3n) is 5.23. The molecule has 0 saturated carbocycles. The van der Waals surface area contributed by atoms with Crippen LogP contribution in [0.3, 0.4) is 0 Å². The van der Waals surface area contributed by atoms with Gasteiger partial charge in [-0.15, -0.1) is 6.54 Å². The highest BCUT2D eigenvalue weighted by atomic mass is 35.5. The van der Waals surface area contributed by atoms with Crippen LogP contribution < -0.4 is 4.74 Å². The van der Waals surface area contributed by atoms with Gasteiger partial charge in [0.25, 0.3) is 0 Å². The van der Waals surface area contributed by atoms with Crippen molar-refractivity contribution in [3.63, 3.8) is 0 Å². The number of aromatic nitrogens is 2. The first kappa shape index (κ1) is 33.7. The highest BCUT2D eigenvalue weighted by molar-refractivity contribution is 6.33. The fraction of sp³-hybridized carbons (Fsp3) is 0.346. The van der Waals surface area contributed by atoms with Crippen LogP contribution in [0, 0.1) is 5.82 Å². The lowest BCUT2D eigenvalue weighted by Gasteiger charge is -2.14. The second-order valence-corrected chi connectivity index (χ2v) is 9.17. The first-order chi connectivity index (χ1) is 19.0. The van der Waals surface area contributed by atoms with Crippen molar-refractivity contribution in [2.24, 2.45) is 0 Å². The maximum Gasteiger partial charge on any atom is 0.416 e. The molecule has 0 radical (unpaired) electrons. The molecule has 0 spiro atoms. The van der Waals surface area contributed by atoms with E-state index in [4.69, 9.17) is 22.1 Å². The normalized spacial score (nSPS) is 11.7. The van der Waals surface area contributed by atoms with Crippen LogP contribution in [-0.2, 0) is 18.8 Å². The number of benzene rings is 2. The summed E-state index contributed by atoms with van der Waals surface area (Å²) < 4.78 is 92.8. The van der Waals surface area contributed by atoms with Crippen molar-refractivity contribution < 1.29 is 45.4 Å². The number of alkyl halides is 6. The Labute approximate surface area is 235 Å². The van der Waals surface area contributed by atoms with Gasteiger partial charge < -0.3 is 20.5 Å². The van der Waals surface area contributed by atoms with E-state index in [1.165, 1.54) is 12.1 Å². The number of halogens is 8. The van der Waals surface area contributed by atoms with Gasteiger partial charge in [0.1, 0.15) is 11.4 Å². The summed E-state index contributed by atoms with van der Waals surface area (Å²) in [6.07, 6.45) is -7.86. The monoisotopic (exact) mass is 609 g/mol. The van der Waals surface area contributed by atoms with Crippen molar-refractivity contribution in [3.8, 4) is 17.3 Å². The Morgan fingerprint density at radius 1 is 1.05 bits per heavy atom. The molecule has 2 N–H and O–H groups in total. The summed E-state index contributed by atoms with van der Waals surface area (Å²) in [7, 11) is 3.90. The Kier molecular flexibility index (Phi) is 11.9. The molecule has 224 valence electrons. The zero-order valence-electron chi connectivity index (χ0n) is 21.7. The van der Waals surface area contributed by atoms with E-state index in [1.54, 1.807) is 0 Å². The van der Waals surface area contributed by atoms with Crippen molar-refractivity contribution in [1.82, 2.24) is 14.9 Å². The largest absolute Gasteiger partial charge is 0.677 e. The number of rotatable bonds is 9. The average molecular weight is 610 g/mol. The first-order valence-electron chi connectivity index (χ1n) is 11.8. The summed E-state index contributed by atoms with van der Waals surface area (Å²) >= 11 is 6.02. The van der Waals surface area contributed by atoms with E-state index < -0.39 is 35.3 Å². The summed E-state index contributed by atoms with van der Waals surface area (Å²) in [5.74, 6) is -1.72. The van der Waals surface area contributed by atoms with Gasteiger partial charge in [-0.2, -0.15) is 31.3 Å². The van der Waals surface area contributed by atoms with Gasteiger partial charge in [0, 0.05) is 18.3 Å². The molecule has 3 rings (SSSR count). The highest BCUT2D eigenvalue weighted by Crippen LogP contribution is 2.36. The quantitative estimate of drug-likeness (QED) is 0.202. The van der Waals surface area contributed by atoms with E-state index >= 15 is 0 Å². The molecule has 1 heterocycles. The van der Waals surface area contributed by atoms with Crippen LogP contribution in [0.4, 0.5) is 30.7 Å². The second kappa shape index (κ2) is 14.4. The Balaban J connectivity index is 0.000000305. The molecule has 0 fully saturated rings. The molecule has 0 atom stereocenters. The van der Waals surface area contributed by atoms with Crippen LogP contribution in [-0.4, -0.2) is 59.7 Å². The van der Waals surface area contributed by atoms with Crippen molar-refractivity contribution in [2.75, 3.05) is 33.8 Å². The molecule has 0 bridgehead atoms. The highest BCUT2D eigenvalue weighted by Gasteiger charge is 2.36. The molecule has 0 unspecified atom stereocenters. The predicted octanol–water partition coefficient (Wildman–Crippen LogP) is 7.28. The van der Waals surface area contributed by atoms with Crippen molar-refractivity contribution >= 4 is 17.6 Å². The predicted molar refractivity (Wildman–Crippen MR) is 137 cm³/mol. The van der Waals surface area contributed by atoms with Gasteiger partial charge >= 0.3 is 24.3 Å². The third kappa shape index (κ3) is 10.4. The van der Waals surface area contributed by atoms with Crippen molar-refractivity contribution in [2.45, 2.75) is 25.2 Å². The lowest BCUT2D eigenvalue weighted by atomic mass is 10.0. The number of nitrogens with zero attached hydrogens (tertiary/aromatic N) is 3. The van der Waals surface area contributed by atoms with Crippen LogP contribution in [0.25, 0.3) is 17.0 Å². The average Bonchev–Trinajstić information content (AvgIpc) is 2.86. The van der Waals surface area contributed by atoms with Gasteiger partial charge in [-0.1, -0.05) is 11.6 Å². The smallest absolute Gasteiger partial charge is 0.416 e. The number of carbonyl (C=O) groups is 1. The summed E-state index contributed by atoms with van der Waals surface area (Å²) in [6, 6.07) is 5.08. The Bertz CT molecular complexity index is 1300. The topological polar surface area (TPSA) is 99.3 Å². The van der Waals surface area contributed by atoms with E-state index in [9.17, 15) is 40.6 Å². The molecule has 0 saturated heterocycles. The molecule has 0 aliphatic rings. The lowest BCUT2D eigenvalue weighted by Crippen LogP contribution is -2.16. The molecule has 7 nitrogen and oxygen atoms in total. The first-order valence-corrected chi connectivity index (χ1v) is 12.2. The lowest BCUT2D eigenvalue weighted by molar-refractivity contribution is -0.143. The Hall–Kier alpha value is -3.49. The molecule has 15 heteroatoms. The maximum absolute atomic E-state index is 13.2. The van der Waals surface area contributed by atoms with E-state index in [0.29, 0.717) is 24.3 Å². The molecule has 3 aromatic rings. The number of aromatic carboxylic acids is 1. The van der Waals surface area contributed by atoms with Crippen LogP contribution in [0.15, 0.2) is 42.6 Å². The van der Waals surface area contributed by atoms with Gasteiger partial charge in [-0.3, -0.25) is 0 Å². The molecular weight excluding hydrogens is 585 g/mol. The van der Waals surface area contributed by atoms with Crippen molar-refractivity contribution in [1.29, 1.82) is 0 Å². The number of nitrogens with one attached hydrogen (secondary N) is 1. The minimum atomic E-state index is -4.82. The van der Waals surface area contributed by atoms with E-state index in [0.717, 1.165) is 25.2 Å². The fourth-order valence-electron chi connectivity index (χ4n) is 3.33. The Morgan fingerprint density at radius 3 is 2.15 bits per heavy atom. The number of ether oxygens (including phenoxy) is 1. The SMILES string of the molecule is CN(C)CCCOc1ncc(C(=O)O)c(-c2ccc(F)cc2Cl)n1.[NH-]CCc1cc(C(F)(F)F)cc(C(F)(F)F)c1. The molecular formula is C26H25ClF7N4O3-. The number of carboxylic acids is 1. The number of hydrogen-bond donors (Lipinski definition) is 1. The number of hydrogen-bond acceptors (Lipinski definition) is 5. The Morgan fingerprint density at radius 2 is 1.66 bits per heavy atom. The third-order valence-corrected chi connectivity index (χ3v) is 5.54. The van der Waals surface area contributed by atoms with Gasteiger partial charge in [-0.25, -0.2) is 14.2 Å². The minimum Gasteiger partial charge on any atom is -0.677 e. The zero-order valence-corrected chi connectivity index (χ0v) is 22.5. The van der Waals surface area contributed by atoms with E-state index in [1.807, 2.05) is 19.0 Å². The summed E-state index contributed by atoms with van der Waals surface area (Å²) in [4.78, 5) is 21.4. The van der Waals surface area contributed by atoms with Crippen LogP contribution in [0.5, 0.6) is 6.01 Å². The van der Waals surface area contributed by atoms with Crippen LogP contribution >= 0.6 is 11.6 Å². The van der Waals surface area contributed by atoms with E-state index in [-0.39, 0.29) is 46.9 Å². The molecule has 41 heavy (non-hydrogen) atoms. The number of carboxylic acid groups (broad SMARTS) is 1. The van der Waals surface area contributed by atoms with Gasteiger partial charge in [0.05, 0.1) is 28.5 Å². The van der Waals surface area contributed by atoms with E-state index in [2.05, 4.69) is 9.97 Å². The fourth-order valence-corrected chi connectivity index (χ4v) is 3.59. The summed E-state index contributed by atoms with van der Waals surface area (Å²) in [6.45, 7) is 0.962. The van der Waals surface area contributed by atoms with Crippen LogP contribution in [0.2, 0.25) is 5.02 Å². The second-order valence-electron chi connectivity index (χ2n) is 8.76. The molecule has 2 aromatic carbocycles. The van der Waals surface area contributed by atoms with Gasteiger partial charge in [-0.05, 0) is 68.9 Å². The summed E-state index contributed by atoms with van der Waals surface area (Å²) in [5.41, 5.74) is 4.27. The molecule has 0 amide bonds. The standard InChI is InChI=1S/C16H17ClFN3O3.C10H8F6N/c1-21(2)6-3-7-24-16-19-9-12(15(22)23)14(20-16)11-5-4-10(18)8-13(11)17;11-9(12,13)7-3-6(1-2-17)4-8(5-7)10(14,15)16/h4-5,8-9H,3,6-7H2,1-2H3,(H,22,23);3-5,17H,1-2H2/q;-1. The molecule has 0 aliphatic heterocycles. The van der Waals surface area contributed by atoms with Crippen molar-refractivity contribution in [3.05, 3.63) is 81.4 Å². The molecule has 0 aliphatic carbocycles. The van der Waals surface area contributed by atoms with Gasteiger partial charge in [0.15, 0.2) is 0 Å². The van der Waals surface area contributed by atoms with Gasteiger partial charge in [0.2, 0.25) is 0 Å². The minimum absolute atomic E-state index is 0.0501. The maximum atomic E-state index is 13.2. The van der Waals surface area contributed by atoms with Crippen LogP contribution in [0.1, 0.15) is 33.5 Å². The zero-order chi connectivity index (χ0) is 31.0. The summed E-state index contributed by atoms with van der Waals surface area (Å²) in [5, 5.41) is 9.36.